The molecule has 10 heteroatoms. The summed E-state index contributed by atoms with van der Waals surface area (Å²) in [7, 11) is -7.49. The van der Waals surface area contributed by atoms with E-state index in [4.69, 9.17) is 46.4 Å². The van der Waals surface area contributed by atoms with Gasteiger partial charge < -0.3 is 0 Å². The Kier molecular flexibility index (Phi) is 4.13. The van der Waals surface area contributed by atoms with E-state index in [0.29, 0.717) is 12.8 Å². The van der Waals surface area contributed by atoms with Crippen LogP contribution in [0.5, 0.6) is 0 Å². The fourth-order valence-corrected chi connectivity index (χ4v) is 8.29. The van der Waals surface area contributed by atoms with Crippen molar-refractivity contribution in [1.29, 1.82) is 0 Å². The molecule has 0 radical (unpaired) electrons. The van der Waals surface area contributed by atoms with Gasteiger partial charge in [0.25, 0.3) is 0 Å². The number of hydrogen-bond donors (Lipinski definition) is 0. The second kappa shape index (κ2) is 4.78. The molecule has 0 bridgehead atoms. The van der Waals surface area contributed by atoms with Crippen molar-refractivity contribution in [2.24, 2.45) is 11.8 Å². The summed E-state index contributed by atoms with van der Waals surface area (Å²) in [4.78, 5) is 0. The first kappa shape index (κ1) is 16.4. The first-order valence-corrected chi connectivity index (χ1v) is 10.6. The molecule has 2 fully saturated rings. The van der Waals surface area contributed by atoms with Crippen molar-refractivity contribution >= 4 is 66.1 Å². The van der Waals surface area contributed by atoms with E-state index in [2.05, 4.69) is 0 Å². The van der Waals surface area contributed by atoms with E-state index < -0.39 is 45.3 Å². The Morgan fingerprint density at radius 2 is 1.05 bits per heavy atom. The average molecular weight is 390 g/mol. The van der Waals surface area contributed by atoms with Gasteiger partial charge in [-0.25, -0.2) is 16.8 Å². The van der Waals surface area contributed by atoms with Crippen LogP contribution in [0.15, 0.2) is 0 Å². The highest BCUT2D eigenvalue weighted by Crippen LogP contribution is 2.54. The molecule has 0 aromatic heterocycles. The third kappa shape index (κ3) is 4.51. The number of halogens is 4. The smallest absolute Gasteiger partial charge is 0.165 e. The quantitative estimate of drug-likeness (QED) is 0.652. The fourth-order valence-electron chi connectivity index (χ4n) is 1.88. The maximum atomic E-state index is 11.8. The second-order valence-electron chi connectivity index (χ2n) is 5.26. The first-order chi connectivity index (χ1) is 8.33. The summed E-state index contributed by atoms with van der Waals surface area (Å²) in [6, 6.07) is 0. The van der Waals surface area contributed by atoms with Gasteiger partial charge in [0.15, 0.2) is 24.8 Å². The molecule has 2 atom stereocenters. The van der Waals surface area contributed by atoms with Crippen molar-refractivity contribution < 1.29 is 16.8 Å². The van der Waals surface area contributed by atoms with E-state index in [1.807, 2.05) is 0 Å². The molecular formula is C9H12Cl4O4S2. The van der Waals surface area contributed by atoms with Crippen LogP contribution in [0.1, 0.15) is 12.8 Å². The van der Waals surface area contributed by atoms with Crippen LogP contribution in [-0.4, -0.2) is 42.1 Å². The predicted octanol–water partition coefficient (Wildman–Crippen LogP) is 2.16. The van der Waals surface area contributed by atoms with Crippen LogP contribution in [0, 0.1) is 11.8 Å². The molecule has 0 N–H and O–H groups in total. The van der Waals surface area contributed by atoms with Crippen molar-refractivity contribution in [2.75, 3.05) is 16.6 Å². The summed E-state index contributed by atoms with van der Waals surface area (Å²) in [5, 5.41) is -0.902. The summed E-state index contributed by atoms with van der Waals surface area (Å²) in [6.45, 7) is 0. The van der Waals surface area contributed by atoms with Crippen LogP contribution in [0.3, 0.4) is 0 Å². The number of sulfone groups is 2. The molecule has 19 heavy (non-hydrogen) atoms. The average Bonchev–Trinajstić information content (AvgIpc) is 2.85. The molecule has 2 aliphatic rings. The zero-order valence-corrected chi connectivity index (χ0v) is 14.3. The lowest BCUT2D eigenvalue weighted by Gasteiger charge is -2.06. The van der Waals surface area contributed by atoms with Crippen LogP contribution in [0.2, 0.25) is 0 Å². The van der Waals surface area contributed by atoms with Crippen molar-refractivity contribution in [3.05, 3.63) is 0 Å². The predicted molar refractivity (Wildman–Crippen MR) is 77.5 cm³/mol. The van der Waals surface area contributed by atoms with Crippen molar-refractivity contribution in [1.82, 2.24) is 0 Å². The SMILES string of the molecule is O=S(=O)(CC1CC1(Cl)Cl)CS(=O)(=O)CC1CC1(Cl)Cl. The number of hydrogen-bond acceptors (Lipinski definition) is 4. The zero-order chi connectivity index (χ0) is 14.7. The molecule has 2 saturated carbocycles. The summed E-state index contributed by atoms with van der Waals surface area (Å²) < 4.78 is 45.1. The normalized spacial score (nSPS) is 32.0. The van der Waals surface area contributed by atoms with Gasteiger partial charge in [-0.05, 0) is 12.8 Å². The zero-order valence-electron chi connectivity index (χ0n) is 9.65. The van der Waals surface area contributed by atoms with Gasteiger partial charge in [-0.3, -0.25) is 0 Å². The highest BCUT2D eigenvalue weighted by Gasteiger charge is 2.55. The van der Waals surface area contributed by atoms with E-state index in [0.717, 1.165) is 0 Å². The Morgan fingerprint density at radius 1 is 0.789 bits per heavy atom. The van der Waals surface area contributed by atoms with E-state index in [1.54, 1.807) is 0 Å². The molecule has 2 aliphatic carbocycles. The summed E-state index contributed by atoms with van der Waals surface area (Å²) >= 11 is 22.9. The van der Waals surface area contributed by atoms with Gasteiger partial charge in [-0.2, -0.15) is 0 Å². The number of alkyl halides is 4. The second-order valence-corrected chi connectivity index (χ2v) is 12.9. The lowest BCUT2D eigenvalue weighted by Crippen LogP contribution is -2.24. The molecule has 0 aromatic rings. The lowest BCUT2D eigenvalue weighted by atomic mass is 10.5. The van der Waals surface area contributed by atoms with Gasteiger partial charge in [0.1, 0.15) is 8.67 Å². The van der Waals surface area contributed by atoms with Crippen LogP contribution < -0.4 is 0 Å². The maximum absolute atomic E-state index is 11.8. The third-order valence-corrected chi connectivity index (χ3v) is 9.73. The highest BCUT2D eigenvalue weighted by molar-refractivity contribution is 8.08. The molecule has 0 spiro atoms. The molecule has 2 rings (SSSR count). The van der Waals surface area contributed by atoms with Gasteiger partial charge in [0.2, 0.25) is 0 Å². The van der Waals surface area contributed by atoms with E-state index >= 15 is 0 Å². The Labute approximate surface area is 132 Å². The largest absolute Gasteiger partial charge is 0.228 e. The van der Waals surface area contributed by atoms with Gasteiger partial charge in [0.05, 0.1) is 11.5 Å². The molecule has 0 aromatic carbocycles. The monoisotopic (exact) mass is 388 g/mol. The molecule has 4 nitrogen and oxygen atoms in total. The highest BCUT2D eigenvalue weighted by atomic mass is 35.5. The minimum absolute atomic E-state index is 0.309. The minimum Gasteiger partial charge on any atom is -0.228 e. The molecule has 0 heterocycles. The van der Waals surface area contributed by atoms with Crippen molar-refractivity contribution in [2.45, 2.75) is 21.5 Å². The van der Waals surface area contributed by atoms with Gasteiger partial charge in [-0.1, -0.05) is 0 Å². The van der Waals surface area contributed by atoms with Crippen LogP contribution >= 0.6 is 46.4 Å². The third-order valence-electron chi connectivity index (χ3n) is 3.18. The Morgan fingerprint density at radius 3 is 1.26 bits per heavy atom. The van der Waals surface area contributed by atoms with Gasteiger partial charge in [-0.15, -0.1) is 46.4 Å². The van der Waals surface area contributed by atoms with E-state index in [1.165, 1.54) is 0 Å². The molecular weight excluding hydrogens is 378 g/mol. The Balaban J connectivity index is 1.92. The van der Waals surface area contributed by atoms with Gasteiger partial charge in [0, 0.05) is 11.8 Å². The van der Waals surface area contributed by atoms with Gasteiger partial charge >= 0.3 is 0 Å². The molecule has 2 unspecified atom stereocenters. The maximum Gasteiger partial charge on any atom is 0.165 e. The minimum atomic E-state index is -3.75. The summed E-state index contributed by atoms with van der Waals surface area (Å²) in [6.07, 6.45) is 0.731. The van der Waals surface area contributed by atoms with Crippen molar-refractivity contribution in [3.8, 4) is 0 Å². The van der Waals surface area contributed by atoms with Crippen LogP contribution in [-0.2, 0) is 19.7 Å². The van der Waals surface area contributed by atoms with Crippen molar-refractivity contribution in [3.63, 3.8) is 0 Å². The Hall–Kier alpha value is 1.06. The fraction of sp³-hybridized carbons (Fsp3) is 1.00. The standard InChI is InChI=1S/C9H12Cl4O4S2/c10-8(11)1-6(8)3-18(14,15)5-19(16,17)4-7-2-9(7,12)13/h6-7H,1-5H2. The van der Waals surface area contributed by atoms with Crippen LogP contribution in [0.25, 0.3) is 0 Å². The summed E-state index contributed by atoms with van der Waals surface area (Å²) in [5.74, 6) is -1.40. The molecule has 0 amide bonds. The number of rotatable bonds is 6. The van der Waals surface area contributed by atoms with E-state index in [9.17, 15) is 16.8 Å². The first-order valence-electron chi connectivity index (χ1n) is 5.49. The lowest BCUT2D eigenvalue weighted by molar-refractivity contribution is 0.584. The van der Waals surface area contributed by atoms with Crippen LogP contribution in [0.4, 0.5) is 0 Å². The molecule has 0 saturated heterocycles. The topological polar surface area (TPSA) is 68.3 Å². The Bertz CT molecular complexity index is 529. The van der Waals surface area contributed by atoms with E-state index in [-0.39, 0.29) is 11.5 Å². The summed E-state index contributed by atoms with van der Waals surface area (Å²) in [5.41, 5.74) is 0. The molecule has 0 aliphatic heterocycles. The molecule has 112 valence electrons.